The molecule has 42 heavy (non-hydrogen) atoms. The largest absolute Gasteiger partial charge is 0.378 e. The van der Waals surface area contributed by atoms with Crippen molar-refractivity contribution >= 4 is 76.9 Å². The minimum Gasteiger partial charge on any atom is -0.378 e. The summed E-state index contributed by atoms with van der Waals surface area (Å²) in [5, 5.41) is 14.3. The number of morpholine rings is 1. The minimum absolute atomic E-state index is 0.0128. The van der Waals surface area contributed by atoms with Gasteiger partial charge in [0.25, 0.3) is 5.91 Å². The van der Waals surface area contributed by atoms with Crippen LogP contribution in [-0.4, -0.2) is 68.9 Å². The van der Waals surface area contributed by atoms with Crippen molar-refractivity contribution in [2.75, 3.05) is 41.8 Å². The zero-order valence-corrected chi connectivity index (χ0v) is 24.9. The monoisotopic (exact) mass is 624 g/mol. The van der Waals surface area contributed by atoms with Gasteiger partial charge in [-0.15, -0.1) is 22.7 Å². The molecule has 0 bridgehead atoms. The zero-order valence-electron chi connectivity index (χ0n) is 22.4. The average molecular weight is 625 g/mol. The number of nitrogens with zero attached hydrogens (tertiary/aromatic N) is 6. The zero-order chi connectivity index (χ0) is 28.8. The second kappa shape index (κ2) is 11.2. The number of nitrogens with two attached hydrogens (primary N) is 2. The number of fused-ring (bicyclic) bond motifs is 2. The first-order chi connectivity index (χ1) is 20.5. The molecule has 6 heterocycles. The Morgan fingerprint density at radius 1 is 1.12 bits per heavy atom. The van der Waals surface area contributed by atoms with Crippen LogP contribution in [0.25, 0.3) is 25.5 Å². The molecule has 7 rings (SSSR count). The molecule has 6 N–H and O–H groups in total. The van der Waals surface area contributed by atoms with Crippen molar-refractivity contribution in [2.24, 2.45) is 11.5 Å². The highest BCUT2D eigenvalue weighted by Gasteiger charge is 2.26. The molecule has 2 aliphatic rings. The summed E-state index contributed by atoms with van der Waals surface area (Å²) in [6, 6.07) is 1.72. The fourth-order valence-electron chi connectivity index (χ4n) is 5.39. The van der Waals surface area contributed by atoms with E-state index < -0.39 is 5.91 Å². The van der Waals surface area contributed by atoms with E-state index in [1.54, 1.807) is 23.6 Å². The number of ether oxygens (including phenoxy) is 1. The lowest BCUT2D eigenvalue weighted by atomic mass is 9.91. The van der Waals surface area contributed by atoms with Crippen molar-refractivity contribution in [1.29, 1.82) is 0 Å². The highest BCUT2D eigenvalue weighted by atomic mass is 32.1. The first-order valence-electron chi connectivity index (χ1n) is 13.6. The highest BCUT2D eigenvalue weighted by Crippen LogP contribution is 2.41. The van der Waals surface area contributed by atoms with Crippen molar-refractivity contribution in [2.45, 2.75) is 37.8 Å². The number of thiazole rings is 1. The third-order valence-electron chi connectivity index (χ3n) is 7.56. The lowest BCUT2D eigenvalue weighted by Gasteiger charge is -2.29. The van der Waals surface area contributed by atoms with E-state index >= 15 is 0 Å². The van der Waals surface area contributed by atoms with Crippen molar-refractivity contribution < 1.29 is 9.53 Å². The third kappa shape index (κ3) is 4.98. The molecular weight excluding hydrogens is 597 g/mol. The van der Waals surface area contributed by atoms with Gasteiger partial charge in [0.05, 0.1) is 32.5 Å². The number of nitrogens with one attached hydrogen (secondary N) is 2. The molecule has 1 aliphatic heterocycles. The number of carbonyl (C=O) groups is 1. The number of primary amides is 1. The Balaban J connectivity index is 1.23. The van der Waals surface area contributed by atoms with Crippen LogP contribution in [0.4, 0.5) is 21.9 Å². The lowest BCUT2D eigenvalue weighted by molar-refractivity contribution is 0.100. The fraction of sp³-hybridized carbons (Fsp3) is 0.385. The molecule has 5 aromatic heterocycles. The summed E-state index contributed by atoms with van der Waals surface area (Å²) in [4.78, 5) is 42.2. The van der Waals surface area contributed by atoms with Crippen molar-refractivity contribution in [3.8, 4) is 10.4 Å². The Bertz CT molecular complexity index is 1840. The van der Waals surface area contributed by atoms with Gasteiger partial charge in [0, 0.05) is 48.4 Å². The molecule has 0 spiro atoms. The molecule has 1 aliphatic carbocycles. The molecule has 1 saturated heterocycles. The molecule has 0 unspecified atom stereocenters. The van der Waals surface area contributed by atoms with E-state index in [-0.39, 0.29) is 34.5 Å². The molecule has 16 heteroatoms. The van der Waals surface area contributed by atoms with Crippen molar-refractivity contribution in [1.82, 2.24) is 24.6 Å². The topological polar surface area (TPSA) is 179 Å². The molecule has 1 saturated carbocycles. The molecule has 218 valence electrons. The maximum Gasteiger partial charge on any atom is 0.256 e. The molecule has 0 aromatic carbocycles. The first kappa shape index (κ1) is 27.2. The number of thiophene rings is 1. The summed E-state index contributed by atoms with van der Waals surface area (Å²) in [5.74, 6) is -0.0477. The van der Waals surface area contributed by atoms with Gasteiger partial charge < -0.3 is 31.7 Å². The summed E-state index contributed by atoms with van der Waals surface area (Å²) >= 11 is 4.44. The van der Waals surface area contributed by atoms with Gasteiger partial charge in [0.15, 0.2) is 22.0 Å². The molecule has 2 fully saturated rings. The number of hydrogen-bond acceptors (Lipinski definition) is 14. The smallest absolute Gasteiger partial charge is 0.256 e. The minimum atomic E-state index is -0.690. The van der Waals surface area contributed by atoms with Crippen LogP contribution in [0, 0.1) is 0 Å². The SMILES string of the molecule is NC(=O)c1c(Nc2ncc(-c3csc4c(=O)cc(N5CCOCC5)sc34)s2)nc(N[C@H]2CCCC[C@H]2N)n2ncnc12. The number of rotatable bonds is 7. The Kier molecular flexibility index (Phi) is 7.23. The van der Waals surface area contributed by atoms with Gasteiger partial charge in [-0.1, -0.05) is 24.2 Å². The Morgan fingerprint density at radius 2 is 1.95 bits per heavy atom. The Morgan fingerprint density at radius 3 is 2.76 bits per heavy atom. The summed E-state index contributed by atoms with van der Waals surface area (Å²) < 4.78 is 8.61. The average Bonchev–Trinajstić information content (AvgIpc) is 3.75. The molecule has 13 nitrogen and oxygen atoms in total. The predicted molar refractivity (Wildman–Crippen MR) is 167 cm³/mol. The van der Waals surface area contributed by atoms with Gasteiger partial charge in [-0.3, -0.25) is 9.59 Å². The maximum absolute atomic E-state index is 13.0. The van der Waals surface area contributed by atoms with Gasteiger partial charge in [-0.25, -0.2) is 9.97 Å². The van der Waals surface area contributed by atoms with E-state index in [0.717, 1.165) is 63.6 Å². The van der Waals surface area contributed by atoms with Crippen LogP contribution in [-0.2, 0) is 4.74 Å². The van der Waals surface area contributed by atoms with E-state index in [2.05, 4.69) is 30.6 Å². The van der Waals surface area contributed by atoms with Gasteiger partial charge >= 0.3 is 0 Å². The second-order valence-electron chi connectivity index (χ2n) is 10.2. The van der Waals surface area contributed by atoms with Gasteiger partial charge in [-0.05, 0) is 12.8 Å². The van der Waals surface area contributed by atoms with Crippen molar-refractivity contribution in [3.05, 3.63) is 39.8 Å². The summed E-state index contributed by atoms with van der Waals surface area (Å²) in [6.07, 6.45) is 7.10. The normalized spacial score (nSPS) is 19.4. The van der Waals surface area contributed by atoms with E-state index in [4.69, 9.17) is 21.2 Å². The highest BCUT2D eigenvalue weighted by molar-refractivity contribution is 7.29. The van der Waals surface area contributed by atoms with Gasteiger partial charge in [-0.2, -0.15) is 14.6 Å². The molecule has 5 aromatic rings. The summed E-state index contributed by atoms with van der Waals surface area (Å²) in [5.41, 5.74) is 13.5. The number of aromatic nitrogens is 5. The van der Waals surface area contributed by atoms with Crippen molar-refractivity contribution in [3.63, 3.8) is 0 Å². The third-order valence-corrected chi connectivity index (χ3v) is 10.8. The molecular formula is C26H28N10O3S3. The van der Waals surface area contributed by atoms with Gasteiger partial charge in [0.1, 0.15) is 11.9 Å². The van der Waals surface area contributed by atoms with E-state index in [1.807, 2.05) is 5.38 Å². The van der Waals surface area contributed by atoms with Crippen LogP contribution >= 0.6 is 34.0 Å². The standard InChI is InChI=1S/C26H28N10O3S3/c27-14-3-1-2-4-15(14)32-25-33-23(19(22(28)38)24-30-12-31-36(24)25)34-26-29-10-17(41-26)13-11-40-21-16(37)9-18(42-20(13)21)35-5-7-39-8-6-35/h9-12,14-15H,1-8,27H2,(H2,28,38)(H,29,34)(H,32,33)/t14-,15+/m1/s1. The molecule has 1 amide bonds. The summed E-state index contributed by atoms with van der Waals surface area (Å²) in [6.45, 7) is 2.80. The van der Waals surface area contributed by atoms with Crippen LogP contribution in [0.5, 0.6) is 0 Å². The number of hydrogen-bond donors (Lipinski definition) is 4. The Hall–Kier alpha value is -3.70. The number of carbonyl (C=O) groups excluding carboxylic acids is 1. The van der Waals surface area contributed by atoms with Crippen LogP contribution in [0.15, 0.2) is 28.8 Å². The van der Waals surface area contributed by atoms with Crippen LogP contribution < -0.4 is 32.4 Å². The van der Waals surface area contributed by atoms with E-state index in [9.17, 15) is 9.59 Å². The number of amides is 1. The fourth-order valence-corrected chi connectivity index (χ4v) is 8.75. The maximum atomic E-state index is 13.0. The quantitative estimate of drug-likeness (QED) is 0.209. The molecule has 0 radical (unpaired) electrons. The summed E-state index contributed by atoms with van der Waals surface area (Å²) in [7, 11) is 0. The first-order valence-corrected chi connectivity index (χ1v) is 16.1. The van der Waals surface area contributed by atoms with Crippen LogP contribution in [0.3, 0.4) is 0 Å². The van der Waals surface area contributed by atoms with Gasteiger partial charge in [0.2, 0.25) is 5.95 Å². The number of anilines is 4. The Labute approximate surface area is 251 Å². The molecule has 2 atom stereocenters. The predicted octanol–water partition coefficient (Wildman–Crippen LogP) is 3.25. The van der Waals surface area contributed by atoms with E-state index in [1.165, 1.54) is 33.5 Å². The lowest BCUT2D eigenvalue weighted by Crippen LogP contribution is -2.43. The van der Waals surface area contributed by atoms with Crippen LogP contribution in [0.1, 0.15) is 36.0 Å². The van der Waals surface area contributed by atoms with E-state index in [0.29, 0.717) is 24.3 Å². The van der Waals surface area contributed by atoms with Crippen LogP contribution in [0.2, 0.25) is 0 Å². The second-order valence-corrected chi connectivity index (χ2v) is 13.2.